The number of hydrogen-bond donors (Lipinski definition) is 1. The molecule has 1 N–H and O–H groups in total. The minimum atomic E-state index is -0.608. The molecule has 1 rings (SSSR count). The van der Waals surface area contributed by atoms with E-state index in [0.717, 1.165) is 0 Å². The van der Waals surface area contributed by atoms with Crippen molar-refractivity contribution >= 4 is 5.91 Å². The zero-order valence-electron chi connectivity index (χ0n) is 12.4. The predicted molar refractivity (Wildman–Crippen MR) is 72.5 cm³/mol. The summed E-state index contributed by atoms with van der Waals surface area (Å²) in [5.41, 5.74) is 0. The fourth-order valence-corrected chi connectivity index (χ4v) is 1.94. The Morgan fingerprint density at radius 3 is 2.53 bits per heavy atom. The van der Waals surface area contributed by atoms with Crippen molar-refractivity contribution in [1.29, 1.82) is 0 Å². The molecule has 0 bridgehead atoms. The van der Waals surface area contributed by atoms with E-state index in [1.807, 2.05) is 19.9 Å². The molecule has 5 nitrogen and oxygen atoms in total. The van der Waals surface area contributed by atoms with Gasteiger partial charge in [0.25, 0.3) is 0 Å². The first-order valence-electron chi connectivity index (χ1n) is 6.59. The van der Waals surface area contributed by atoms with E-state index in [0.29, 0.717) is 13.0 Å². The summed E-state index contributed by atoms with van der Waals surface area (Å²) in [7, 11) is 3.46. The highest BCUT2D eigenvalue weighted by atomic mass is 16.7. The van der Waals surface area contributed by atoms with Crippen LogP contribution in [0.5, 0.6) is 0 Å². The first-order valence-corrected chi connectivity index (χ1v) is 6.59. The Kier molecular flexibility index (Phi) is 5.52. The molecule has 5 heteroatoms. The van der Waals surface area contributed by atoms with E-state index in [1.54, 1.807) is 32.0 Å². The predicted octanol–water partition coefficient (Wildman–Crippen LogP) is 1.17. The van der Waals surface area contributed by atoms with Gasteiger partial charge in [0, 0.05) is 26.4 Å². The maximum Gasteiger partial charge on any atom is 0.222 e. The topological polar surface area (TPSA) is 59.0 Å². The lowest BCUT2D eigenvalue weighted by molar-refractivity contribution is -0.145. The van der Waals surface area contributed by atoms with E-state index in [1.165, 1.54) is 0 Å². The molecule has 3 atom stereocenters. The van der Waals surface area contributed by atoms with Gasteiger partial charge in [-0.05, 0) is 20.8 Å². The van der Waals surface area contributed by atoms with Gasteiger partial charge in [-0.15, -0.1) is 0 Å². The first-order chi connectivity index (χ1) is 8.71. The average Bonchev–Trinajstić information content (AvgIpc) is 2.64. The molecular formula is C14H25NO4. The molecule has 1 fully saturated rings. The third kappa shape index (κ3) is 5.30. The summed E-state index contributed by atoms with van der Waals surface area (Å²) in [6.45, 7) is 5.85. The summed E-state index contributed by atoms with van der Waals surface area (Å²) in [6.07, 6.45) is 3.19. The van der Waals surface area contributed by atoms with Gasteiger partial charge in [-0.25, -0.2) is 0 Å². The van der Waals surface area contributed by atoms with Gasteiger partial charge in [-0.3, -0.25) is 4.79 Å². The van der Waals surface area contributed by atoms with Gasteiger partial charge in [0.2, 0.25) is 5.91 Å². The van der Waals surface area contributed by atoms with E-state index < -0.39 is 11.9 Å². The molecule has 0 spiro atoms. The van der Waals surface area contributed by atoms with Gasteiger partial charge < -0.3 is 19.5 Å². The van der Waals surface area contributed by atoms with Crippen LogP contribution in [0.15, 0.2) is 12.2 Å². The van der Waals surface area contributed by atoms with Crippen molar-refractivity contribution in [2.24, 2.45) is 5.92 Å². The summed E-state index contributed by atoms with van der Waals surface area (Å²) in [5.74, 6) is -0.664. The SMILES string of the molecule is C[C@H](O)/C=C/[C@@H](CC(=O)N(C)C)[C@H]1COC(C)(C)O1. The third-order valence-corrected chi connectivity index (χ3v) is 3.05. The second kappa shape index (κ2) is 6.50. The molecule has 0 unspecified atom stereocenters. The van der Waals surface area contributed by atoms with Crippen LogP contribution in [0.4, 0.5) is 0 Å². The number of carbonyl (C=O) groups excluding carboxylic acids is 1. The monoisotopic (exact) mass is 271 g/mol. The van der Waals surface area contributed by atoms with Gasteiger partial charge in [0.1, 0.15) is 0 Å². The lowest BCUT2D eigenvalue weighted by atomic mass is 9.97. The summed E-state index contributed by atoms with van der Waals surface area (Å²) >= 11 is 0. The number of carbonyl (C=O) groups is 1. The van der Waals surface area contributed by atoms with Crippen molar-refractivity contribution in [2.75, 3.05) is 20.7 Å². The van der Waals surface area contributed by atoms with Crippen LogP contribution in [0, 0.1) is 5.92 Å². The van der Waals surface area contributed by atoms with E-state index in [-0.39, 0.29) is 17.9 Å². The normalized spacial score (nSPS) is 25.5. The standard InChI is InChI=1S/C14H25NO4/c1-10(16)6-7-11(8-13(17)15(4)5)12-9-18-14(2,3)19-12/h6-7,10-12,16H,8-9H2,1-5H3/b7-6+/t10-,11-,12+/m0/s1. The first kappa shape index (κ1) is 16.1. The lowest BCUT2D eigenvalue weighted by Crippen LogP contribution is -2.31. The molecule has 1 aliphatic rings. The molecule has 1 heterocycles. The molecule has 0 aromatic carbocycles. The summed E-state index contributed by atoms with van der Waals surface area (Å²) in [6, 6.07) is 0. The molecule has 0 aliphatic carbocycles. The van der Waals surface area contributed by atoms with Crippen molar-refractivity contribution in [1.82, 2.24) is 4.90 Å². The molecule has 1 aliphatic heterocycles. The average molecular weight is 271 g/mol. The second-order valence-corrected chi connectivity index (χ2v) is 5.65. The quantitative estimate of drug-likeness (QED) is 0.763. The second-order valence-electron chi connectivity index (χ2n) is 5.65. The van der Waals surface area contributed by atoms with Gasteiger partial charge in [-0.2, -0.15) is 0 Å². The number of aliphatic hydroxyl groups excluding tert-OH is 1. The number of ether oxygens (including phenoxy) is 2. The molecule has 0 saturated carbocycles. The van der Waals surface area contributed by atoms with Crippen molar-refractivity contribution in [2.45, 2.75) is 45.2 Å². The van der Waals surface area contributed by atoms with Crippen LogP contribution in [0.2, 0.25) is 0 Å². The van der Waals surface area contributed by atoms with Crippen LogP contribution >= 0.6 is 0 Å². The highest BCUT2D eigenvalue weighted by Crippen LogP contribution is 2.29. The van der Waals surface area contributed by atoms with Gasteiger partial charge in [-0.1, -0.05) is 12.2 Å². The Morgan fingerprint density at radius 2 is 2.11 bits per heavy atom. The lowest BCUT2D eigenvalue weighted by Gasteiger charge is -2.23. The fraction of sp³-hybridized carbons (Fsp3) is 0.786. The van der Waals surface area contributed by atoms with Crippen LogP contribution in [0.1, 0.15) is 27.2 Å². The molecule has 1 saturated heterocycles. The number of hydrogen-bond acceptors (Lipinski definition) is 4. The Labute approximate surface area is 115 Å². The molecule has 0 aromatic heterocycles. The maximum absolute atomic E-state index is 11.8. The van der Waals surface area contributed by atoms with Crippen molar-refractivity contribution in [3.05, 3.63) is 12.2 Å². The molecule has 19 heavy (non-hydrogen) atoms. The number of aliphatic hydroxyl groups is 1. The van der Waals surface area contributed by atoms with Crippen LogP contribution in [0.3, 0.4) is 0 Å². The zero-order chi connectivity index (χ0) is 14.6. The summed E-state index contributed by atoms with van der Waals surface area (Å²) in [4.78, 5) is 13.4. The van der Waals surface area contributed by atoms with E-state index >= 15 is 0 Å². The number of rotatable bonds is 5. The minimum Gasteiger partial charge on any atom is -0.389 e. The van der Waals surface area contributed by atoms with E-state index in [4.69, 9.17) is 9.47 Å². The zero-order valence-corrected chi connectivity index (χ0v) is 12.4. The molecule has 110 valence electrons. The summed E-state index contributed by atoms with van der Waals surface area (Å²) < 4.78 is 11.3. The highest BCUT2D eigenvalue weighted by Gasteiger charge is 2.37. The van der Waals surface area contributed by atoms with Crippen molar-refractivity contribution in [3.63, 3.8) is 0 Å². The van der Waals surface area contributed by atoms with Crippen molar-refractivity contribution < 1.29 is 19.4 Å². The maximum atomic E-state index is 11.8. The van der Waals surface area contributed by atoms with Crippen LogP contribution < -0.4 is 0 Å². The Hall–Kier alpha value is -0.910. The molecular weight excluding hydrogens is 246 g/mol. The minimum absolute atomic E-state index is 0.0357. The van der Waals surface area contributed by atoms with Gasteiger partial charge in [0.05, 0.1) is 18.8 Å². The van der Waals surface area contributed by atoms with Gasteiger partial charge in [0.15, 0.2) is 5.79 Å². The fourth-order valence-electron chi connectivity index (χ4n) is 1.94. The largest absolute Gasteiger partial charge is 0.389 e. The van der Waals surface area contributed by atoms with Crippen LogP contribution in [0.25, 0.3) is 0 Å². The molecule has 1 amide bonds. The smallest absolute Gasteiger partial charge is 0.222 e. The molecule has 0 aromatic rings. The highest BCUT2D eigenvalue weighted by molar-refractivity contribution is 5.76. The Balaban J connectivity index is 2.72. The van der Waals surface area contributed by atoms with E-state index in [2.05, 4.69) is 0 Å². The third-order valence-electron chi connectivity index (χ3n) is 3.05. The van der Waals surface area contributed by atoms with Crippen LogP contribution in [-0.2, 0) is 14.3 Å². The summed E-state index contributed by atoms with van der Waals surface area (Å²) in [5, 5.41) is 9.34. The van der Waals surface area contributed by atoms with E-state index in [9.17, 15) is 9.90 Å². The Bertz CT molecular complexity index is 336. The Morgan fingerprint density at radius 1 is 1.47 bits per heavy atom. The molecule has 0 radical (unpaired) electrons. The number of nitrogens with zero attached hydrogens (tertiary/aromatic N) is 1. The van der Waals surface area contributed by atoms with Crippen LogP contribution in [-0.4, -0.2) is 54.6 Å². The van der Waals surface area contributed by atoms with Gasteiger partial charge >= 0.3 is 0 Å². The number of amides is 1. The van der Waals surface area contributed by atoms with Crippen molar-refractivity contribution in [3.8, 4) is 0 Å².